The molecule has 0 heterocycles. The lowest BCUT2D eigenvalue weighted by atomic mass is 10.5. The summed E-state index contributed by atoms with van der Waals surface area (Å²) in [6.45, 7) is 5.58. The molecule has 0 spiro atoms. The zero-order valence-corrected chi connectivity index (χ0v) is 8.47. The highest BCUT2D eigenvalue weighted by Crippen LogP contribution is 1.80. The molecule has 0 rings (SSSR count). The Morgan fingerprint density at radius 3 is 2.47 bits per heavy atom. The van der Waals surface area contributed by atoms with Crippen molar-refractivity contribution in [2.24, 2.45) is 0 Å². The topological polar surface area (TPSA) is 87.4 Å². The summed E-state index contributed by atoms with van der Waals surface area (Å²) < 4.78 is 4.57. The fourth-order valence-electron chi connectivity index (χ4n) is 0.405. The van der Waals surface area contributed by atoms with Crippen LogP contribution in [-0.2, 0) is 14.3 Å². The maximum absolute atomic E-state index is 10.4. The van der Waals surface area contributed by atoms with Gasteiger partial charge in [-0.3, -0.25) is 4.79 Å². The molecule has 0 aliphatic heterocycles. The van der Waals surface area contributed by atoms with Crippen LogP contribution in [0.15, 0.2) is 24.8 Å². The summed E-state index contributed by atoms with van der Waals surface area (Å²) in [4.78, 5) is 19.8. The van der Waals surface area contributed by atoms with Crippen LogP contribution in [-0.4, -0.2) is 23.7 Å². The molecule has 0 atom stereocenters. The van der Waals surface area contributed by atoms with Gasteiger partial charge in [-0.1, -0.05) is 18.7 Å². The molecule has 0 aliphatic carbocycles. The Morgan fingerprint density at radius 1 is 1.60 bits per heavy atom. The van der Waals surface area contributed by atoms with Crippen LogP contribution >= 0.6 is 0 Å². The van der Waals surface area contributed by atoms with E-state index in [1.165, 1.54) is 24.3 Å². The minimum atomic E-state index is -1.07. The van der Waals surface area contributed by atoms with Gasteiger partial charge in [0.25, 0.3) is 0 Å². The molecule has 0 fully saturated rings. The molecule has 0 unspecified atom stereocenters. The maximum Gasteiger partial charge on any atom is 0.330 e. The van der Waals surface area contributed by atoms with Crippen molar-refractivity contribution >= 4 is 11.9 Å². The fourth-order valence-corrected chi connectivity index (χ4v) is 0.405. The summed E-state index contributed by atoms with van der Waals surface area (Å²) in [5, 5.41) is 15.3. The standard InChI is InChI=1S/C7H10O2.C3H3NO2/c1-3-5-6-7(8)9-4-2;4-2-1-3(5)6/h3,5-6H,1,4H2,2H3;1H2,(H,5,6). The molecule has 15 heavy (non-hydrogen) atoms. The van der Waals surface area contributed by atoms with Crippen LogP contribution in [0.1, 0.15) is 13.3 Å². The lowest BCUT2D eigenvalue weighted by Gasteiger charge is -1.91. The van der Waals surface area contributed by atoms with Gasteiger partial charge >= 0.3 is 11.9 Å². The van der Waals surface area contributed by atoms with Crippen LogP contribution in [0.3, 0.4) is 0 Å². The summed E-state index contributed by atoms with van der Waals surface area (Å²) in [7, 11) is 0. The predicted molar refractivity (Wildman–Crippen MR) is 53.8 cm³/mol. The second kappa shape index (κ2) is 11.9. The van der Waals surface area contributed by atoms with E-state index >= 15 is 0 Å². The van der Waals surface area contributed by atoms with Gasteiger partial charge in [0, 0.05) is 6.08 Å². The second-order valence-electron chi connectivity index (χ2n) is 2.08. The summed E-state index contributed by atoms with van der Waals surface area (Å²) >= 11 is 0. The van der Waals surface area contributed by atoms with Crippen molar-refractivity contribution in [2.75, 3.05) is 6.61 Å². The molecule has 0 aromatic heterocycles. The van der Waals surface area contributed by atoms with Gasteiger partial charge in [-0.2, -0.15) is 5.26 Å². The number of nitriles is 1. The molecule has 5 heteroatoms. The number of aliphatic carboxylic acids is 1. The molecule has 0 aromatic carbocycles. The third kappa shape index (κ3) is 18.7. The summed E-state index contributed by atoms with van der Waals surface area (Å²) in [5.41, 5.74) is 0. The number of rotatable bonds is 4. The first-order valence-electron chi connectivity index (χ1n) is 4.13. The zero-order chi connectivity index (χ0) is 12.1. The van der Waals surface area contributed by atoms with E-state index in [2.05, 4.69) is 11.3 Å². The average molecular weight is 211 g/mol. The highest BCUT2D eigenvalue weighted by molar-refractivity contribution is 5.82. The number of carbonyl (C=O) groups is 2. The molecular formula is C10H13NO4. The number of nitrogens with zero attached hydrogens (tertiary/aromatic N) is 1. The van der Waals surface area contributed by atoms with E-state index < -0.39 is 12.4 Å². The molecule has 0 saturated heterocycles. The third-order valence-electron chi connectivity index (χ3n) is 0.885. The Kier molecular flexibility index (Phi) is 12.2. The Bertz CT molecular complexity index is 276. The van der Waals surface area contributed by atoms with Gasteiger partial charge < -0.3 is 9.84 Å². The van der Waals surface area contributed by atoms with Gasteiger partial charge in [0.15, 0.2) is 0 Å². The van der Waals surface area contributed by atoms with Crippen molar-refractivity contribution in [3.05, 3.63) is 24.8 Å². The third-order valence-corrected chi connectivity index (χ3v) is 0.885. The molecule has 0 radical (unpaired) electrons. The largest absolute Gasteiger partial charge is 0.480 e. The van der Waals surface area contributed by atoms with E-state index in [0.29, 0.717) is 6.61 Å². The number of carboxylic acids is 1. The minimum absolute atomic E-state index is 0.322. The molecule has 5 nitrogen and oxygen atoms in total. The Labute approximate surface area is 88.3 Å². The fraction of sp³-hybridized carbons (Fsp3) is 0.300. The highest BCUT2D eigenvalue weighted by Gasteiger charge is 1.89. The second-order valence-corrected chi connectivity index (χ2v) is 2.08. The average Bonchev–Trinajstić information content (AvgIpc) is 2.16. The first-order chi connectivity index (χ1) is 7.08. The van der Waals surface area contributed by atoms with Crippen molar-refractivity contribution in [2.45, 2.75) is 13.3 Å². The Balaban J connectivity index is 0. The quantitative estimate of drug-likeness (QED) is 0.430. The van der Waals surface area contributed by atoms with Gasteiger partial charge in [0.05, 0.1) is 12.7 Å². The Hall–Kier alpha value is -2.09. The van der Waals surface area contributed by atoms with Crippen LogP contribution in [0.2, 0.25) is 0 Å². The number of hydrogen-bond acceptors (Lipinski definition) is 4. The molecule has 0 bridgehead atoms. The van der Waals surface area contributed by atoms with E-state index in [1.54, 1.807) is 6.92 Å². The first kappa shape index (κ1) is 15.4. The van der Waals surface area contributed by atoms with Crippen molar-refractivity contribution < 1.29 is 19.4 Å². The molecule has 0 aliphatic rings. The molecule has 82 valence electrons. The maximum atomic E-state index is 10.4. The van der Waals surface area contributed by atoms with Crippen LogP contribution < -0.4 is 0 Å². The summed E-state index contributed by atoms with van der Waals surface area (Å²) in [6.07, 6.45) is 3.99. The summed E-state index contributed by atoms with van der Waals surface area (Å²) in [6, 6.07) is 1.47. The molecular weight excluding hydrogens is 198 g/mol. The van der Waals surface area contributed by atoms with Crippen molar-refractivity contribution in [1.29, 1.82) is 5.26 Å². The normalized spacial score (nSPS) is 8.27. The van der Waals surface area contributed by atoms with E-state index in [1.807, 2.05) is 0 Å². The molecule has 1 N–H and O–H groups in total. The molecule has 0 amide bonds. The summed E-state index contributed by atoms with van der Waals surface area (Å²) in [5.74, 6) is -1.39. The predicted octanol–water partition coefficient (Wildman–Crippen LogP) is 1.28. The van der Waals surface area contributed by atoms with Crippen LogP contribution in [0.4, 0.5) is 0 Å². The smallest absolute Gasteiger partial charge is 0.330 e. The molecule has 0 aromatic rings. The van der Waals surface area contributed by atoms with E-state index in [9.17, 15) is 9.59 Å². The first-order valence-corrected chi connectivity index (χ1v) is 4.13. The lowest BCUT2D eigenvalue weighted by molar-refractivity contribution is -0.137. The van der Waals surface area contributed by atoms with Crippen LogP contribution in [0.5, 0.6) is 0 Å². The Morgan fingerprint density at radius 2 is 2.20 bits per heavy atom. The zero-order valence-electron chi connectivity index (χ0n) is 8.47. The van der Waals surface area contributed by atoms with Crippen molar-refractivity contribution in [3.8, 4) is 6.07 Å². The number of carboxylic acid groups (broad SMARTS) is 1. The van der Waals surface area contributed by atoms with Gasteiger partial charge in [0.1, 0.15) is 6.42 Å². The SMILES string of the molecule is C=CC=CC(=O)OCC.N#CCC(=O)O. The number of esters is 1. The minimum Gasteiger partial charge on any atom is -0.480 e. The van der Waals surface area contributed by atoms with Crippen molar-refractivity contribution in [1.82, 2.24) is 0 Å². The van der Waals surface area contributed by atoms with Gasteiger partial charge in [-0.05, 0) is 6.92 Å². The van der Waals surface area contributed by atoms with E-state index in [0.717, 1.165) is 0 Å². The van der Waals surface area contributed by atoms with E-state index in [-0.39, 0.29) is 5.97 Å². The number of allylic oxidation sites excluding steroid dienone is 2. The van der Waals surface area contributed by atoms with Gasteiger partial charge in [-0.25, -0.2) is 4.79 Å². The van der Waals surface area contributed by atoms with Crippen LogP contribution in [0.25, 0.3) is 0 Å². The van der Waals surface area contributed by atoms with Gasteiger partial charge in [-0.15, -0.1) is 0 Å². The van der Waals surface area contributed by atoms with Crippen molar-refractivity contribution in [3.63, 3.8) is 0 Å². The van der Waals surface area contributed by atoms with Crippen LogP contribution in [0, 0.1) is 11.3 Å². The molecule has 0 saturated carbocycles. The number of ether oxygens (including phenoxy) is 1. The van der Waals surface area contributed by atoms with Gasteiger partial charge in [0.2, 0.25) is 0 Å². The monoisotopic (exact) mass is 211 g/mol. The van der Waals surface area contributed by atoms with E-state index in [4.69, 9.17) is 10.4 Å². The lowest BCUT2D eigenvalue weighted by Crippen LogP contribution is -1.98. The number of hydrogen-bond donors (Lipinski definition) is 1. The highest BCUT2D eigenvalue weighted by atomic mass is 16.5. The number of carbonyl (C=O) groups excluding carboxylic acids is 1.